The quantitative estimate of drug-likeness (QED) is 0.184. The van der Waals surface area contributed by atoms with Crippen LogP contribution in [0, 0.1) is 0 Å². The van der Waals surface area contributed by atoms with Gasteiger partial charge >= 0.3 is 41.6 Å². The molecule has 35 heavy (non-hydrogen) atoms. The second-order valence-electron chi connectivity index (χ2n) is 7.60. The summed E-state index contributed by atoms with van der Waals surface area (Å²) in [5.74, 6) is -2.54. The molecular weight excluding hydrogens is 513 g/mol. The summed E-state index contributed by atoms with van der Waals surface area (Å²) in [6.07, 6.45) is -0.0536. The molecule has 0 saturated carbocycles. The Morgan fingerprint density at radius 1 is 1.29 bits per heavy atom. The largest absolute Gasteiger partial charge is 1.00 e. The number of aliphatic hydroxyl groups excluding tert-OH is 1. The number of hydrogen-bond acceptors (Lipinski definition) is 9. The van der Waals surface area contributed by atoms with Crippen LogP contribution in [0.3, 0.4) is 0 Å². The van der Waals surface area contributed by atoms with Crippen molar-refractivity contribution in [2.45, 2.75) is 17.8 Å². The van der Waals surface area contributed by atoms with Gasteiger partial charge in [-0.2, -0.15) is 0 Å². The van der Waals surface area contributed by atoms with E-state index in [4.69, 9.17) is 4.74 Å². The molecule has 1 aromatic rings. The van der Waals surface area contributed by atoms with Gasteiger partial charge in [-0.15, -0.1) is 11.8 Å². The van der Waals surface area contributed by atoms with Crippen molar-refractivity contribution in [2.75, 3.05) is 36.3 Å². The molecule has 15 heteroatoms. The number of thioether (sulfide) groups is 1. The molecule has 4 N–H and O–H groups in total. The molecular formula is C20H24N3NaO9S2. The van der Waals surface area contributed by atoms with Gasteiger partial charge in [0.15, 0.2) is 9.84 Å². The number of carboxylic acid groups (broad SMARTS) is 1. The molecule has 2 aliphatic rings. The van der Waals surface area contributed by atoms with Gasteiger partial charge < -0.3 is 21.7 Å². The number of nitrogens with one attached hydrogen (secondary N) is 2. The Hall–Kier alpha value is -2.10. The molecule has 0 aliphatic carbocycles. The third-order valence-corrected chi connectivity index (χ3v) is 7.30. The third kappa shape index (κ3) is 7.21. The van der Waals surface area contributed by atoms with Crippen molar-refractivity contribution in [3.05, 3.63) is 41.1 Å². The van der Waals surface area contributed by atoms with Gasteiger partial charge in [-0.05, 0) is 17.2 Å². The number of hydrogen-bond donors (Lipinski definition) is 4. The number of ether oxygens (including phenoxy) is 1. The van der Waals surface area contributed by atoms with Crippen LogP contribution >= 0.6 is 11.8 Å². The Bertz CT molecular complexity index is 1160. The van der Waals surface area contributed by atoms with Gasteiger partial charge in [-0.3, -0.25) is 19.8 Å². The number of benzene rings is 1. The summed E-state index contributed by atoms with van der Waals surface area (Å²) in [4.78, 5) is 49.7. The minimum absolute atomic E-state index is 0. The number of anilines is 1. The number of β-lactam (4-membered cyclic amide) rings is 1. The standard InChI is InChI=1S/C20H23N3O9S2.Na.H/c1-34(30,31)7-6-32-20(29)21-13-5-3-2-4-11(13)8-14(25)22-15-17(26)23-16(19(27)28)12(9-24)10-33-18(15)23;;/h2-5,15,18,24H,6-10H2,1H3,(H,21,29)(H,22,25)(H,27,28);;/q;+1;-1/t15-,18-;;/m1../s1. The van der Waals surface area contributed by atoms with Gasteiger partial charge in [0, 0.05) is 17.7 Å². The summed E-state index contributed by atoms with van der Waals surface area (Å²) in [5, 5.41) is 23.2. The number of nitrogens with zero attached hydrogens (tertiary/aromatic N) is 1. The van der Waals surface area contributed by atoms with Gasteiger partial charge in [0.1, 0.15) is 23.7 Å². The number of carbonyl (C=O) groups excluding carboxylic acids is 3. The van der Waals surface area contributed by atoms with E-state index in [1.165, 1.54) is 17.8 Å². The van der Waals surface area contributed by atoms with Gasteiger partial charge in [0.05, 0.1) is 18.8 Å². The first-order valence-electron chi connectivity index (χ1n) is 10.0. The van der Waals surface area contributed by atoms with Crippen molar-refractivity contribution in [3.63, 3.8) is 0 Å². The molecule has 186 valence electrons. The van der Waals surface area contributed by atoms with Crippen LogP contribution in [0.1, 0.15) is 6.99 Å². The third-order valence-electron chi connectivity index (χ3n) is 5.05. The predicted molar refractivity (Wildman–Crippen MR) is 123 cm³/mol. The van der Waals surface area contributed by atoms with Gasteiger partial charge in [0.2, 0.25) is 5.91 Å². The summed E-state index contributed by atoms with van der Waals surface area (Å²) < 4.78 is 27.1. The molecule has 0 radical (unpaired) electrons. The fourth-order valence-corrected chi connectivity index (χ4v) is 5.15. The SMILES string of the molecule is CS(=O)(=O)CCOC(=O)Nc1ccccc1CC(=O)N[C@@H]1C(=O)N2C(C(=O)O)=C(CO)CS[C@H]12.[H-].[Na+]. The second kappa shape index (κ2) is 12.2. The topological polar surface area (TPSA) is 179 Å². The maximum Gasteiger partial charge on any atom is 1.00 e. The summed E-state index contributed by atoms with van der Waals surface area (Å²) in [5.41, 5.74) is 0.675. The second-order valence-corrected chi connectivity index (χ2v) is 11.0. The van der Waals surface area contributed by atoms with Crippen LogP contribution < -0.4 is 40.2 Å². The van der Waals surface area contributed by atoms with Crippen LogP contribution in [-0.4, -0.2) is 89.8 Å². The average molecular weight is 538 g/mol. The van der Waals surface area contributed by atoms with Crippen LogP contribution in [0.15, 0.2) is 35.5 Å². The summed E-state index contributed by atoms with van der Waals surface area (Å²) in [6, 6.07) is 5.48. The monoisotopic (exact) mass is 537 g/mol. The molecule has 1 saturated heterocycles. The van der Waals surface area contributed by atoms with Gasteiger partial charge in [-0.25, -0.2) is 18.0 Å². The number of carbonyl (C=O) groups is 4. The molecule has 3 amide bonds. The molecule has 0 bridgehead atoms. The van der Waals surface area contributed by atoms with Gasteiger partial charge in [-0.1, -0.05) is 18.2 Å². The normalized spacial score (nSPS) is 19.1. The number of carboxylic acids is 1. The molecule has 1 fully saturated rings. The minimum Gasteiger partial charge on any atom is -1.00 e. The molecule has 2 aliphatic heterocycles. The maximum absolute atomic E-state index is 12.6. The first kappa shape index (κ1) is 29.1. The van der Waals surface area contributed by atoms with Crippen molar-refractivity contribution in [3.8, 4) is 0 Å². The van der Waals surface area contributed by atoms with E-state index < -0.39 is 51.7 Å². The van der Waals surface area contributed by atoms with Gasteiger partial charge in [0.25, 0.3) is 5.91 Å². The molecule has 0 aromatic heterocycles. The Labute approximate surface area is 229 Å². The minimum atomic E-state index is -3.29. The molecule has 3 rings (SSSR count). The fourth-order valence-electron chi connectivity index (χ4n) is 3.43. The summed E-state index contributed by atoms with van der Waals surface area (Å²) in [7, 11) is -3.29. The molecule has 1 aromatic carbocycles. The number of amides is 3. The van der Waals surface area contributed by atoms with E-state index in [2.05, 4.69) is 10.6 Å². The van der Waals surface area contributed by atoms with Crippen LogP contribution in [-0.2, 0) is 35.4 Å². The zero-order valence-corrected chi connectivity index (χ0v) is 22.6. The number of aliphatic carboxylic acids is 1. The molecule has 2 heterocycles. The van der Waals surface area contributed by atoms with Crippen LogP contribution in [0.5, 0.6) is 0 Å². The Morgan fingerprint density at radius 3 is 2.60 bits per heavy atom. The van der Waals surface area contributed by atoms with E-state index in [0.717, 1.165) is 11.2 Å². The van der Waals surface area contributed by atoms with E-state index in [1.54, 1.807) is 18.2 Å². The molecule has 2 atom stereocenters. The molecule has 0 spiro atoms. The van der Waals surface area contributed by atoms with Crippen LogP contribution in [0.2, 0.25) is 0 Å². The number of aliphatic hydroxyl groups is 1. The Balaban J connectivity index is 0.00000324. The van der Waals surface area contributed by atoms with Crippen molar-refractivity contribution in [1.29, 1.82) is 0 Å². The fraction of sp³-hybridized carbons (Fsp3) is 0.400. The zero-order chi connectivity index (χ0) is 25.0. The van der Waals surface area contributed by atoms with E-state index in [-0.39, 0.29) is 72.5 Å². The van der Waals surface area contributed by atoms with Crippen LogP contribution in [0.4, 0.5) is 10.5 Å². The van der Waals surface area contributed by atoms with Crippen molar-refractivity contribution < 1.29 is 73.5 Å². The number of sulfone groups is 1. The van der Waals surface area contributed by atoms with E-state index in [9.17, 15) is 37.8 Å². The Morgan fingerprint density at radius 2 is 1.97 bits per heavy atom. The van der Waals surface area contributed by atoms with Crippen molar-refractivity contribution >= 4 is 51.2 Å². The smallest absolute Gasteiger partial charge is 1.00 e. The number of para-hydroxylation sites is 1. The van der Waals surface area contributed by atoms with Crippen LogP contribution in [0.25, 0.3) is 0 Å². The van der Waals surface area contributed by atoms with Crippen molar-refractivity contribution in [2.24, 2.45) is 0 Å². The number of fused-ring (bicyclic) bond motifs is 1. The maximum atomic E-state index is 12.6. The average Bonchev–Trinajstić information content (AvgIpc) is 2.76. The molecule has 12 nitrogen and oxygen atoms in total. The first-order valence-corrected chi connectivity index (χ1v) is 13.1. The van der Waals surface area contributed by atoms with E-state index in [0.29, 0.717) is 5.56 Å². The summed E-state index contributed by atoms with van der Waals surface area (Å²) >= 11 is 1.24. The molecule has 0 unspecified atom stereocenters. The Kier molecular flexibility index (Phi) is 10.2. The zero-order valence-electron chi connectivity index (χ0n) is 20.0. The number of rotatable bonds is 9. The van der Waals surface area contributed by atoms with Crippen molar-refractivity contribution in [1.82, 2.24) is 10.2 Å². The van der Waals surface area contributed by atoms with E-state index >= 15 is 0 Å². The van der Waals surface area contributed by atoms with E-state index in [1.807, 2.05) is 0 Å². The first-order chi connectivity index (χ1) is 16.0. The summed E-state index contributed by atoms with van der Waals surface area (Å²) in [6.45, 7) is -0.805. The predicted octanol–water partition coefficient (Wildman–Crippen LogP) is -3.33.